The Kier molecular flexibility index (Phi) is 5.37. The molecule has 0 spiro atoms. The minimum atomic E-state index is -0.933. The monoisotopic (exact) mass is 254 g/mol. The van der Waals surface area contributed by atoms with Gasteiger partial charge in [-0.1, -0.05) is 0 Å². The zero-order valence-electron chi connectivity index (χ0n) is 11.6. The first-order valence-corrected chi connectivity index (χ1v) is 6.06. The van der Waals surface area contributed by atoms with Crippen LogP contribution in [-0.2, 0) is 6.54 Å². The van der Waals surface area contributed by atoms with Crippen LogP contribution in [0.15, 0.2) is 10.5 Å². The van der Waals surface area contributed by atoms with E-state index in [1.807, 2.05) is 7.05 Å². The van der Waals surface area contributed by atoms with Crippen molar-refractivity contribution in [2.45, 2.75) is 19.9 Å². The lowest BCUT2D eigenvalue weighted by molar-refractivity contribution is 0.0695. The summed E-state index contributed by atoms with van der Waals surface area (Å²) in [6.45, 7) is 4.32. The van der Waals surface area contributed by atoms with E-state index >= 15 is 0 Å². The van der Waals surface area contributed by atoms with Crippen molar-refractivity contribution < 1.29 is 14.3 Å². The lowest BCUT2D eigenvalue weighted by atomic mass is 10.2. The molecule has 0 radical (unpaired) electrons. The Balaban J connectivity index is 2.47. The molecule has 0 aliphatic carbocycles. The Labute approximate surface area is 108 Å². The van der Waals surface area contributed by atoms with E-state index in [2.05, 4.69) is 23.9 Å². The maximum Gasteiger partial charge on any atom is 0.339 e. The first-order chi connectivity index (χ1) is 8.40. The smallest absolute Gasteiger partial charge is 0.339 e. The standard InChI is InChI=1S/C13H22N2O3/c1-10-12(13(16)17)8-11(18-10)9-15(4)7-5-6-14(2)3/h8H,5-7,9H2,1-4H3,(H,16,17). The first kappa shape index (κ1) is 14.7. The average Bonchev–Trinajstić information content (AvgIpc) is 2.58. The van der Waals surface area contributed by atoms with Crippen LogP contribution in [0.25, 0.3) is 0 Å². The number of nitrogens with zero attached hydrogens (tertiary/aromatic N) is 2. The summed E-state index contributed by atoms with van der Waals surface area (Å²) in [6.07, 6.45) is 1.08. The highest BCUT2D eigenvalue weighted by Crippen LogP contribution is 2.15. The molecule has 1 heterocycles. The van der Waals surface area contributed by atoms with Gasteiger partial charge in [0, 0.05) is 0 Å². The minimum absolute atomic E-state index is 0.256. The van der Waals surface area contributed by atoms with Crippen LogP contribution in [-0.4, -0.2) is 55.1 Å². The highest BCUT2D eigenvalue weighted by molar-refractivity contribution is 5.88. The second-order valence-corrected chi connectivity index (χ2v) is 4.88. The number of rotatable bonds is 7. The SMILES string of the molecule is Cc1oc(CN(C)CCCN(C)C)cc1C(=O)O. The highest BCUT2D eigenvalue weighted by atomic mass is 16.4. The van der Waals surface area contributed by atoms with Crippen molar-refractivity contribution in [1.29, 1.82) is 0 Å². The molecule has 0 atom stereocenters. The number of hydrogen-bond donors (Lipinski definition) is 1. The molecule has 5 heteroatoms. The van der Waals surface area contributed by atoms with Gasteiger partial charge in [-0.25, -0.2) is 4.79 Å². The van der Waals surface area contributed by atoms with Gasteiger partial charge in [-0.05, 0) is 53.6 Å². The number of furan rings is 1. The van der Waals surface area contributed by atoms with Gasteiger partial charge < -0.3 is 14.4 Å². The average molecular weight is 254 g/mol. The maximum absolute atomic E-state index is 10.9. The van der Waals surface area contributed by atoms with E-state index in [4.69, 9.17) is 9.52 Å². The van der Waals surface area contributed by atoms with Crippen molar-refractivity contribution in [3.8, 4) is 0 Å². The van der Waals surface area contributed by atoms with Gasteiger partial charge in [0.05, 0.1) is 6.54 Å². The maximum atomic E-state index is 10.9. The summed E-state index contributed by atoms with van der Waals surface area (Å²) in [5.74, 6) is 0.245. The Morgan fingerprint density at radius 2 is 2.00 bits per heavy atom. The zero-order chi connectivity index (χ0) is 13.7. The normalized spacial score (nSPS) is 11.4. The molecule has 0 saturated heterocycles. The predicted molar refractivity (Wildman–Crippen MR) is 69.9 cm³/mol. The fraction of sp³-hybridized carbons (Fsp3) is 0.615. The molecule has 0 aliphatic heterocycles. The summed E-state index contributed by atoms with van der Waals surface area (Å²) in [5.41, 5.74) is 0.256. The predicted octanol–water partition coefficient (Wildman–Crippen LogP) is 1.67. The molecule has 0 unspecified atom stereocenters. The van der Waals surface area contributed by atoms with Crippen molar-refractivity contribution in [3.63, 3.8) is 0 Å². The van der Waals surface area contributed by atoms with Crippen molar-refractivity contribution in [2.24, 2.45) is 0 Å². The molecule has 5 nitrogen and oxygen atoms in total. The molecule has 0 bridgehead atoms. The van der Waals surface area contributed by atoms with Gasteiger partial charge in [0.25, 0.3) is 0 Å². The number of carboxylic acid groups (broad SMARTS) is 1. The van der Waals surface area contributed by atoms with E-state index in [1.54, 1.807) is 13.0 Å². The molecule has 102 valence electrons. The summed E-state index contributed by atoms with van der Waals surface area (Å²) >= 11 is 0. The molecule has 0 saturated carbocycles. The molecule has 0 aliphatic rings. The van der Waals surface area contributed by atoms with E-state index in [9.17, 15) is 4.79 Å². The fourth-order valence-electron chi connectivity index (χ4n) is 1.84. The van der Waals surface area contributed by atoms with Crippen LogP contribution in [0.2, 0.25) is 0 Å². The molecule has 18 heavy (non-hydrogen) atoms. The van der Waals surface area contributed by atoms with Crippen molar-refractivity contribution in [1.82, 2.24) is 9.80 Å². The Morgan fingerprint density at radius 1 is 1.33 bits per heavy atom. The van der Waals surface area contributed by atoms with Crippen LogP contribution in [0.5, 0.6) is 0 Å². The quantitative estimate of drug-likeness (QED) is 0.802. The molecule has 1 aromatic heterocycles. The van der Waals surface area contributed by atoms with E-state index < -0.39 is 5.97 Å². The summed E-state index contributed by atoms with van der Waals surface area (Å²) in [4.78, 5) is 15.2. The van der Waals surface area contributed by atoms with Gasteiger partial charge in [0.15, 0.2) is 0 Å². The third-order valence-electron chi connectivity index (χ3n) is 2.77. The molecule has 0 fully saturated rings. The van der Waals surface area contributed by atoms with Crippen LogP contribution in [0.1, 0.15) is 28.3 Å². The molecular formula is C13H22N2O3. The van der Waals surface area contributed by atoms with Crippen molar-refractivity contribution in [3.05, 3.63) is 23.2 Å². The van der Waals surface area contributed by atoms with Gasteiger partial charge in [0.2, 0.25) is 0 Å². The Morgan fingerprint density at radius 3 is 2.50 bits per heavy atom. The van der Waals surface area contributed by atoms with Crippen molar-refractivity contribution >= 4 is 5.97 Å². The largest absolute Gasteiger partial charge is 0.478 e. The molecular weight excluding hydrogens is 232 g/mol. The third kappa shape index (κ3) is 4.50. The van der Waals surface area contributed by atoms with Gasteiger partial charge in [-0.15, -0.1) is 0 Å². The lowest BCUT2D eigenvalue weighted by Crippen LogP contribution is -2.23. The minimum Gasteiger partial charge on any atom is -0.478 e. The van der Waals surface area contributed by atoms with E-state index in [0.29, 0.717) is 18.1 Å². The Bertz CT molecular complexity index is 399. The van der Waals surface area contributed by atoms with Crippen molar-refractivity contribution in [2.75, 3.05) is 34.2 Å². The van der Waals surface area contributed by atoms with Gasteiger partial charge in [-0.3, -0.25) is 4.90 Å². The first-order valence-electron chi connectivity index (χ1n) is 6.06. The second-order valence-electron chi connectivity index (χ2n) is 4.88. The second kappa shape index (κ2) is 6.56. The van der Waals surface area contributed by atoms with Crippen LogP contribution in [0, 0.1) is 6.92 Å². The summed E-state index contributed by atoms with van der Waals surface area (Å²) < 4.78 is 5.44. The van der Waals surface area contributed by atoms with Crippen LogP contribution in [0.3, 0.4) is 0 Å². The topological polar surface area (TPSA) is 56.9 Å². The summed E-state index contributed by atoms with van der Waals surface area (Å²) in [7, 11) is 6.11. The third-order valence-corrected chi connectivity index (χ3v) is 2.77. The molecule has 0 aromatic carbocycles. The molecule has 0 amide bonds. The molecule has 1 rings (SSSR count). The fourth-order valence-corrected chi connectivity index (χ4v) is 1.84. The lowest BCUT2D eigenvalue weighted by Gasteiger charge is -2.16. The van der Waals surface area contributed by atoms with E-state index in [-0.39, 0.29) is 5.56 Å². The summed E-state index contributed by atoms with van der Waals surface area (Å²) in [5, 5.41) is 8.94. The van der Waals surface area contributed by atoms with Crippen LogP contribution < -0.4 is 0 Å². The van der Waals surface area contributed by atoms with Crippen LogP contribution in [0.4, 0.5) is 0 Å². The van der Waals surface area contributed by atoms with E-state index in [0.717, 1.165) is 19.5 Å². The number of aromatic carboxylic acids is 1. The van der Waals surface area contributed by atoms with Gasteiger partial charge >= 0.3 is 5.97 Å². The van der Waals surface area contributed by atoms with E-state index in [1.165, 1.54) is 0 Å². The zero-order valence-corrected chi connectivity index (χ0v) is 11.6. The summed E-state index contributed by atoms with van der Waals surface area (Å²) in [6, 6.07) is 1.61. The van der Waals surface area contributed by atoms with Gasteiger partial charge in [-0.2, -0.15) is 0 Å². The number of carbonyl (C=O) groups is 1. The number of carboxylic acids is 1. The molecule has 1 N–H and O–H groups in total. The van der Waals surface area contributed by atoms with Crippen LogP contribution >= 0.6 is 0 Å². The number of aryl methyl sites for hydroxylation is 1. The number of hydrogen-bond acceptors (Lipinski definition) is 4. The Hall–Kier alpha value is -1.33. The van der Waals surface area contributed by atoms with Gasteiger partial charge in [0.1, 0.15) is 17.1 Å². The highest BCUT2D eigenvalue weighted by Gasteiger charge is 2.14. The molecule has 1 aromatic rings.